The van der Waals surface area contributed by atoms with Crippen molar-refractivity contribution in [3.8, 4) is 0 Å². The first-order valence-electron chi connectivity index (χ1n) is 6.21. The minimum absolute atomic E-state index is 0.245. The summed E-state index contributed by atoms with van der Waals surface area (Å²) in [6.07, 6.45) is 2.03. The predicted molar refractivity (Wildman–Crippen MR) is 65.2 cm³/mol. The van der Waals surface area contributed by atoms with Crippen LogP contribution in [0, 0.1) is 23.4 Å². The molecule has 0 aliphatic carbocycles. The van der Waals surface area contributed by atoms with Crippen LogP contribution in [0.1, 0.15) is 19.3 Å². The van der Waals surface area contributed by atoms with Gasteiger partial charge in [-0.3, -0.25) is 4.79 Å². The van der Waals surface area contributed by atoms with Crippen LogP contribution in [0.15, 0.2) is 12.1 Å². The van der Waals surface area contributed by atoms with Gasteiger partial charge in [-0.2, -0.15) is 0 Å². The maximum absolute atomic E-state index is 13.3. The summed E-state index contributed by atoms with van der Waals surface area (Å²) in [5, 5.41) is 5.46. The number of halogens is 3. The first kappa shape index (κ1) is 13.9. The monoisotopic (exact) mass is 272 g/mol. The Kier molecular flexibility index (Phi) is 4.42. The summed E-state index contributed by atoms with van der Waals surface area (Å²) < 4.78 is 39.0. The van der Waals surface area contributed by atoms with Gasteiger partial charge >= 0.3 is 0 Å². The summed E-state index contributed by atoms with van der Waals surface area (Å²) in [6, 6.07) is 1.08. The van der Waals surface area contributed by atoms with Crippen molar-refractivity contribution in [2.24, 2.45) is 5.92 Å². The zero-order valence-electron chi connectivity index (χ0n) is 10.3. The van der Waals surface area contributed by atoms with Crippen molar-refractivity contribution >= 4 is 11.6 Å². The van der Waals surface area contributed by atoms with Crippen molar-refractivity contribution in [3.63, 3.8) is 0 Å². The summed E-state index contributed by atoms with van der Waals surface area (Å²) in [5.41, 5.74) is -0.321. The Bertz CT molecular complexity index is 473. The van der Waals surface area contributed by atoms with E-state index in [2.05, 4.69) is 10.6 Å². The molecule has 1 amide bonds. The lowest BCUT2D eigenvalue weighted by molar-refractivity contribution is -0.117. The molecule has 0 aromatic heterocycles. The topological polar surface area (TPSA) is 41.1 Å². The van der Waals surface area contributed by atoms with Crippen molar-refractivity contribution in [2.75, 3.05) is 18.4 Å². The van der Waals surface area contributed by atoms with Crippen LogP contribution >= 0.6 is 0 Å². The molecule has 1 aromatic rings. The molecule has 0 unspecified atom stereocenters. The molecule has 104 valence electrons. The number of carbonyl (C=O) groups is 1. The number of hydrogen-bond acceptors (Lipinski definition) is 2. The molecule has 0 bridgehead atoms. The van der Waals surface area contributed by atoms with Crippen molar-refractivity contribution in [1.82, 2.24) is 5.32 Å². The Morgan fingerprint density at radius 3 is 2.47 bits per heavy atom. The van der Waals surface area contributed by atoms with E-state index in [4.69, 9.17) is 0 Å². The molecular weight excluding hydrogens is 257 g/mol. The number of rotatable bonds is 3. The molecule has 1 saturated heterocycles. The van der Waals surface area contributed by atoms with Gasteiger partial charge in [0.05, 0.1) is 5.69 Å². The summed E-state index contributed by atoms with van der Waals surface area (Å²) in [5.74, 6) is -3.56. The summed E-state index contributed by atoms with van der Waals surface area (Å²) in [6.45, 7) is 1.72. The molecule has 0 spiro atoms. The van der Waals surface area contributed by atoms with E-state index in [1.165, 1.54) is 0 Å². The van der Waals surface area contributed by atoms with Crippen molar-refractivity contribution in [1.29, 1.82) is 0 Å². The fourth-order valence-corrected chi connectivity index (χ4v) is 2.17. The second-order valence-corrected chi connectivity index (χ2v) is 4.69. The van der Waals surface area contributed by atoms with Crippen LogP contribution in [-0.4, -0.2) is 19.0 Å². The van der Waals surface area contributed by atoms with Gasteiger partial charge in [-0.15, -0.1) is 0 Å². The molecule has 0 saturated carbocycles. The minimum atomic E-state index is -1.27. The molecule has 0 radical (unpaired) electrons. The quantitative estimate of drug-likeness (QED) is 0.830. The number of piperidine rings is 1. The van der Waals surface area contributed by atoms with E-state index in [-0.39, 0.29) is 23.9 Å². The first-order chi connectivity index (χ1) is 9.06. The van der Waals surface area contributed by atoms with Crippen LogP contribution in [0.5, 0.6) is 0 Å². The molecule has 0 atom stereocenters. The molecule has 3 nitrogen and oxygen atoms in total. The van der Waals surface area contributed by atoms with Gasteiger partial charge in [0.25, 0.3) is 0 Å². The molecule has 1 heterocycles. The highest BCUT2D eigenvalue weighted by Gasteiger charge is 2.18. The molecule has 1 aliphatic rings. The third kappa shape index (κ3) is 3.70. The fraction of sp³-hybridized carbons (Fsp3) is 0.462. The zero-order valence-corrected chi connectivity index (χ0v) is 10.3. The average molecular weight is 272 g/mol. The number of nitrogens with one attached hydrogen (secondary N) is 2. The number of hydrogen-bond donors (Lipinski definition) is 2. The number of anilines is 1. The van der Waals surface area contributed by atoms with E-state index in [0.29, 0.717) is 12.1 Å². The van der Waals surface area contributed by atoms with Gasteiger partial charge in [-0.1, -0.05) is 0 Å². The SMILES string of the molecule is O=C(CC1CCNCC1)Nc1cc(F)c(F)cc1F. The second kappa shape index (κ2) is 6.06. The first-order valence-corrected chi connectivity index (χ1v) is 6.21. The van der Waals surface area contributed by atoms with Crippen LogP contribution in [0.3, 0.4) is 0 Å². The normalized spacial score (nSPS) is 16.4. The lowest BCUT2D eigenvalue weighted by Crippen LogP contribution is -2.30. The fourth-order valence-electron chi connectivity index (χ4n) is 2.17. The third-order valence-electron chi connectivity index (χ3n) is 3.22. The van der Waals surface area contributed by atoms with E-state index < -0.39 is 17.5 Å². The lowest BCUT2D eigenvalue weighted by atomic mass is 9.94. The molecule has 1 fully saturated rings. The molecule has 2 N–H and O–H groups in total. The van der Waals surface area contributed by atoms with Crippen LogP contribution < -0.4 is 10.6 Å². The van der Waals surface area contributed by atoms with Gasteiger partial charge < -0.3 is 10.6 Å². The Balaban J connectivity index is 1.96. The van der Waals surface area contributed by atoms with Crippen molar-refractivity contribution in [2.45, 2.75) is 19.3 Å². The van der Waals surface area contributed by atoms with Gasteiger partial charge in [0.1, 0.15) is 5.82 Å². The number of amides is 1. The molecule has 19 heavy (non-hydrogen) atoms. The van der Waals surface area contributed by atoms with Gasteiger partial charge in [-0.05, 0) is 31.8 Å². The maximum atomic E-state index is 13.3. The van der Waals surface area contributed by atoms with Gasteiger partial charge in [0, 0.05) is 18.6 Å². The summed E-state index contributed by atoms with van der Waals surface area (Å²) >= 11 is 0. The number of carbonyl (C=O) groups excluding carboxylic acids is 1. The summed E-state index contributed by atoms with van der Waals surface area (Å²) in [7, 11) is 0. The van der Waals surface area contributed by atoms with Crippen molar-refractivity contribution in [3.05, 3.63) is 29.6 Å². The Labute approximate surface area is 109 Å². The van der Waals surface area contributed by atoms with E-state index in [9.17, 15) is 18.0 Å². The maximum Gasteiger partial charge on any atom is 0.224 e. The zero-order chi connectivity index (χ0) is 13.8. The highest BCUT2D eigenvalue weighted by atomic mass is 19.2. The highest BCUT2D eigenvalue weighted by Crippen LogP contribution is 2.21. The Hall–Kier alpha value is -1.56. The Morgan fingerprint density at radius 1 is 1.16 bits per heavy atom. The van der Waals surface area contributed by atoms with E-state index in [0.717, 1.165) is 25.9 Å². The van der Waals surface area contributed by atoms with Gasteiger partial charge in [0.2, 0.25) is 5.91 Å². The van der Waals surface area contributed by atoms with E-state index in [1.807, 2.05) is 0 Å². The lowest BCUT2D eigenvalue weighted by Gasteiger charge is -2.21. The molecular formula is C13H15F3N2O. The van der Waals surface area contributed by atoms with Crippen LogP contribution in [-0.2, 0) is 4.79 Å². The average Bonchev–Trinajstić information content (AvgIpc) is 2.37. The second-order valence-electron chi connectivity index (χ2n) is 4.69. The van der Waals surface area contributed by atoms with E-state index >= 15 is 0 Å². The number of benzene rings is 1. The smallest absolute Gasteiger partial charge is 0.224 e. The Morgan fingerprint density at radius 2 is 1.79 bits per heavy atom. The van der Waals surface area contributed by atoms with Crippen LogP contribution in [0.4, 0.5) is 18.9 Å². The third-order valence-corrected chi connectivity index (χ3v) is 3.22. The van der Waals surface area contributed by atoms with E-state index in [1.54, 1.807) is 0 Å². The molecule has 1 aromatic carbocycles. The summed E-state index contributed by atoms with van der Waals surface area (Å²) in [4.78, 5) is 11.7. The molecule has 6 heteroatoms. The van der Waals surface area contributed by atoms with Crippen LogP contribution in [0.25, 0.3) is 0 Å². The van der Waals surface area contributed by atoms with Crippen LogP contribution in [0.2, 0.25) is 0 Å². The van der Waals surface area contributed by atoms with Gasteiger partial charge in [0.15, 0.2) is 11.6 Å². The van der Waals surface area contributed by atoms with Gasteiger partial charge in [-0.25, -0.2) is 13.2 Å². The minimum Gasteiger partial charge on any atom is -0.323 e. The van der Waals surface area contributed by atoms with Crippen molar-refractivity contribution < 1.29 is 18.0 Å². The highest BCUT2D eigenvalue weighted by molar-refractivity contribution is 5.91. The standard InChI is InChI=1S/C13H15F3N2O/c14-9-6-11(16)12(7-10(9)15)18-13(19)5-8-1-3-17-4-2-8/h6-8,17H,1-5H2,(H,18,19). The largest absolute Gasteiger partial charge is 0.323 e. The molecule has 1 aliphatic heterocycles. The predicted octanol–water partition coefficient (Wildman–Crippen LogP) is 2.43. The molecule has 2 rings (SSSR count).